The lowest BCUT2D eigenvalue weighted by Gasteiger charge is -2.36. The Bertz CT molecular complexity index is 737. The molecule has 0 N–H and O–H groups in total. The number of piperazine rings is 1. The molecular formula is C16H16FN5O. The summed E-state index contributed by atoms with van der Waals surface area (Å²) >= 11 is 0. The molecule has 118 valence electrons. The lowest BCUT2D eigenvalue weighted by molar-refractivity contribution is 0.395. The van der Waals surface area contributed by atoms with E-state index in [9.17, 15) is 4.39 Å². The monoisotopic (exact) mass is 313 g/mol. The van der Waals surface area contributed by atoms with E-state index in [4.69, 9.17) is 10.00 Å². The van der Waals surface area contributed by atoms with Gasteiger partial charge in [-0.2, -0.15) is 10.2 Å². The number of ether oxygens (including phenoxy) is 1. The first-order valence-electron chi connectivity index (χ1n) is 7.27. The molecule has 23 heavy (non-hydrogen) atoms. The van der Waals surface area contributed by atoms with E-state index in [1.807, 2.05) is 11.0 Å². The molecule has 3 rings (SSSR count). The van der Waals surface area contributed by atoms with Gasteiger partial charge in [0.2, 0.25) is 5.88 Å². The lowest BCUT2D eigenvalue weighted by Crippen LogP contribution is -2.47. The predicted molar refractivity (Wildman–Crippen MR) is 84.1 cm³/mol. The molecule has 0 spiro atoms. The van der Waals surface area contributed by atoms with Gasteiger partial charge in [-0.3, -0.25) is 4.98 Å². The molecule has 1 fully saturated rings. The highest BCUT2D eigenvalue weighted by atomic mass is 19.1. The molecule has 1 aromatic heterocycles. The largest absolute Gasteiger partial charge is 0.480 e. The summed E-state index contributed by atoms with van der Waals surface area (Å²) in [6.07, 6.45) is 3.26. The summed E-state index contributed by atoms with van der Waals surface area (Å²) in [4.78, 5) is 12.5. The summed E-state index contributed by atoms with van der Waals surface area (Å²) < 4.78 is 19.2. The first-order valence-corrected chi connectivity index (χ1v) is 7.27. The van der Waals surface area contributed by atoms with Crippen molar-refractivity contribution in [3.63, 3.8) is 0 Å². The molecule has 2 aromatic rings. The van der Waals surface area contributed by atoms with Crippen molar-refractivity contribution in [2.45, 2.75) is 0 Å². The van der Waals surface area contributed by atoms with E-state index in [1.165, 1.54) is 6.07 Å². The molecule has 0 radical (unpaired) electrons. The Balaban J connectivity index is 1.70. The zero-order valence-electron chi connectivity index (χ0n) is 12.7. The minimum absolute atomic E-state index is 0.330. The molecule has 0 saturated carbocycles. The van der Waals surface area contributed by atoms with Crippen LogP contribution in [0.1, 0.15) is 5.56 Å². The number of nitrogens with zero attached hydrogens (tertiary/aromatic N) is 5. The number of aromatic nitrogens is 2. The van der Waals surface area contributed by atoms with E-state index in [0.717, 1.165) is 5.82 Å². The topological polar surface area (TPSA) is 65.3 Å². The Morgan fingerprint density at radius 3 is 2.57 bits per heavy atom. The van der Waals surface area contributed by atoms with E-state index in [-0.39, 0.29) is 5.82 Å². The van der Waals surface area contributed by atoms with Crippen molar-refractivity contribution in [3.8, 4) is 11.9 Å². The van der Waals surface area contributed by atoms with E-state index < -0.39 is 0 Å². The molecule has 0 bridgehead atoms. The van der Waals surface area contributed by atoms with Gasteiger partial charge in [0.1, 0.15) is 5.82 Å². The molecule has 0 aliphatic carbocycles. The van der Waals surface area contributed by atoms with Crippen LogP contribution < -0.4 is 14.5 Å². The molecule has 6 nitrogen and oxygen atoms in total. The Kier molecular flexibility index (Phi) is 4.24. The van der Waals surface area contributed by atoms with Crippen molar-refractivity contribution in [3.05, 3.63) is 42.0 Å². The fourth-order valence-corrected chi connectivity index (χ4v) is 2.60. The van der Waals surface area contributed by atoms with Crippen molar-refractivity contribution in [2.75, 3.05) is 43.1 Å². The molecule has 1 aliphatic rings. The summed E-state index contributed by atoms with van der Waals surface area (Å²) in [5.74, 6) is 0.867. The maximum Gasteiger partial charge on any atom is 0.233 e. The van der Waals surface area contributed by atoms with Crippen LogP contribution in [0.15, 0.2) is 30.6 Å². The molecule has 2 heterocycles. The Labute approximate surface area is 133 Å². The summed E-state index contributed by atoms with van der Waals surface area (Å²) in [6, 6.07) is 6.52. The van der Waals surface area contributed by atoms with Crippen LogP contribution in [-0.4, -0.2) is 43.3 Å². The smallest absolute Gasteiger partial charge is 0.233 e. The van der Waals surface area contributed by atoms with Gasteiger partial charge >= 0.3 is 0 Å². The summed E-state index contributed by atoms with van der Waals surface area (Å²) in [7, 11) is 1.55. The maximum absolute atomic E-state index is 14.1. The van der Waals surface area contributed by atoms with Crippen molar-refractivity contribution >= 4 is 11.5 Å². The first kappa shape index (κ1) is 15.0. The average molecular weight is 313 g/mol. The van der Waals surface area contributed by atoms with E-state index in [2.05, 4.69) is 14.9 Å². The summed E-state index contributed by atoms with van der Waals surface area (Å²) in [6.45, 7) is 2.76. The minimum Gasteiger partial charge on any atom is -0.480 e. The second kappa shape index (κ2) is 6.48. The van der Waals surface area contributed by atoms with Gasteiger partial charge in [0.25, 0.3) is 0 Å². The molecular weight excluding hydrogens is 297 g/mol. The predicted octanol–water partition coefficient (Wildman–Crippen LogP) is 1.82. The third-order valence-electron chi connectivity index (χ3n) is 3.83. The highest BCUT2D eigenvalue weighted by molar-refractivity contribution is 5.53. The van der Waals surface area contributed by atoms with Crippen LogP contribution in [0.2, 0.25) is 0 Å². The van der Waals surface area contributed by atoms with Crippen LogP contribution in [-0.2, 0) is 0 Å². The zero-order valence-corrected chi connectivity index (χ0v) is 12.7. The van der Waals surface area contributed by atoms with Crippen LogP contribution in [0.5, 0.6) is 5.88 Å². The fraction of sp³-hybridized carbons (Fsp3) is 0.312. The zero-order chi connectivity index (χ0) is 16.2. The number of benzene rings is 1. The summed E-state index contributed by atoms with van der Waals surface area (Å²) in [5, 5.41) is 8.81. The minimum atomic E-state index is -0.362. The highest BCUT2D eigenvalue weighted by Gasteiger charge is 2.21. The van der Waals surface area contributed by atoms with Crippen LogP contribution in [0.25, 0.3) is 0 Å². The van der Waals surface area contributed by atoms with Crippen molar-refractivity contribution in [2.24, 2.45) is 0 Å². The Hall–Kier alpha value is -2.88. The molecule has 1 aliphatic heterocycles. The first-order chi connectivity index (χ1) is 11.2. The van der Waals surface area contributed by atoms with Crippen molar-refractivity contribution < 1.29 is 9.13 Å². The Morgan fingerprint density at radius 2 is 1.91 bits per heavy atom. The number of hydrogen-bond acceptors (Lipinski definition) is 6. The number of halogens is 1. The lowest BCUT2D eigenvalue weighted by atomic mass is 10.2. The summed E-state index contributed by atoms with van der Waals surface area (Å²) in [5.41, 5.74) is 0.858. The third-order valence-corrected chi connectivity index (χ3v) is 3.83. The van der Waals surface area contributed by atoms with Crippen molar-refractivity contribution in [1.29, 1.82) is 5.26 Å². The highest BCUT2D eigenvalue weighted by Crippen LogP contribution is 2.23. The third kappa shape index (κ3) is 3.16. The Morgan fingerprint density at radius 1 is 1.17 bits per heavy atom. The number of anilines is 2. The van der Waals surface area contributed by atoms with Gasteiger partial charge in [0.15, 0.2) is 5.82 Å². The molecule has 7 heteroatoms. The average Bonchev–Trinajstić information content (AvgIpc) is 2.62. The molecule has 1 aromatic carbocycles. The van der Waals surface area contributed by atoms with Crippen LogP contribution >= 0.6 is 0 Å². The van der Waals surface area contributed by atoms with Crippen LogP contribution in [0.4, 0.5) is 15.9 Å². The second-order valence-electron chi connectivity index (χ2n) is 5.17. The normalized spacial score (nSPS) is 14.5. The quantitative estimate of drug-likeness (QED) is 0.861. The van der Waals surface area contributed by atoms with Crippen LogP contribution in [0.3, 0.4) is 0 Å². The van der Waals surface area contributed by atoms with Gasteiger partial charge in [-0.1, -0.05) is 0 Å². The van der Waals surface area contributed by atoms with Gasteiger partial charge in [0.05, 0.1) is 36.8 Å². The number of methoxy groups -OCH3 is 1. The van der Waals surface area contributed by atoms with Gasteiger partial charge < -0.3 is 14.5 Å². The number of nitriles is 1. The maximum atomic E-state index is 14.1. The van der Waals surface area contributed by atoms with Crippen molar-refractivity contribution in [1.82, 2.24) is 9.97 Å². The van der Waals surface area contributed by atoms with Crippen LogP contribution in [0, 0.1) is 17.1 Å². The van der Waals surface area contributed by atoms with E-state index in [1.54, 1.807) is 31.6 Å². The fourth-order valence-electron chi connectivity index (χ4n) is 2.60. The van der Waals surface area contributed by atoms with E-state index >= 15 is 0 Å². The van der Waals surface area contributed by atoms with E-state index in [0.29, 0.717) is 43.3 Å². The molecule has 0 amide bonds. The second-order valence-corrected chi connectivity index (χ2v) is 5.17. The standard InChI is InChI=1S/C16H16FN5O/c1-23-16-11-19-10-15(20-16)22-6-4-21(5-7-22)14-3-2-12(9-18)8-13(14)17/h2-3,8,10-11H,4-7H2,1H3. The van der Waals surface area contributed by atoms with Gasteiger partial charge in [-0.15, -0.1) is 0 Å². The van der Waals surface area contributed by atoms with Gasteiger partial charge in [-0.05, 0) is 18.2 Å². The number of rotatable bonds is 3. The molecule has 0 unspecified atom stereocenters. The molecule has 1 saturated heterocycles. The SMILES string of the molecule is COc1cncc(N2CCN(c3ccc(C#N)cc3F)CC2)n1. The molecule has 0 atom stereocenters. The van der Waals surface area contributed by atoms with Gasteiger partial charge in [-0.25, -0.2) is 4.39 Å². The number of hydrogen-bond donors (Lipinski definition) is 0. The van der Waals surface area contributed by atoms with Gasteiger partial charge in [0, 0.05) is 26.2 Å².